The lowest BCUT2D eigenvalue weighted by Crippen LogP contribution is -2.24. The van der Waals surface area contributed by atoms with Crippen molar-refractivity contribution in [1.82, 2.24) is 5.43 Å². The highest BCUT2D eigenvalue weighted by Gasteiger charge is 2.22. The summed E-state index contributed by atoms with van der Waals surface area (Å²) in [5.41, 5.74) is 5.58. The number of hydrogen-bond acceptors (Lipinski definition) is 4. The van der Waals surface area contributed by atoms with E-state index in [1.165, 1.54) is 11.1 Å². The van der Waals surface area contributed by atoms with Gasteiger partial charge in [0.1, 0.15) is 11.5 Å². The maximum Gasteiger partial charge on any atom is 0.277 e. The molecule has 0 heterocycles. The van der Waals surface area contributed by atoms with E-state index in [2.05, 4.69) is 36.5 Å². The zero-order valence-electron chi connectivity index (χ0n) is 17.5. The molecule has 0 spiro atoms. The van der Waals surface area contributed by atoms with Crippen LogP contribution in [0.2, 0.25) is 0 Å². The van der Waals surface area contributed by atoms with Crippen molar-refractivity contribution in [2.75, 3.05) is 13.7 Å². The van der Waals surface area contributed by atoms with Gasteiger partial charge in [0.05, 0.1) is 13.3 Å². The molecule has 3 rings (SSSR count). The van der Waals surface area contributed by atoms with Crippen LogP contribution < -0.4 is 14.9 Å². The van der Waals surface area contributed by atoms with Crippen molar-refractivity contribution in [3.8, 4) is 11.5 Å². The molecule has 1 amide bonds. The molecule has 0 saturated heterocycles. The molecular formula is C25H26N2O3. The Balaban J connectivity index is 1.52. The number of ether oxygens (including phenoxy) is 2. The summed E-state index contributed by atoms with van der Waals surface area (Å²) >= 11 is 0. The molecule has 3 aromatic rings. The van der Waals surface area contributed by atoms with Gasteiger partial charge in [0.25, 0.3) is 5.91 Å². The fraction of sp³-hybridized carbons (Fsp3) is 0.200. The normalized spacial score (nSPS) is 11.3. The maximum atomic E-state index is 12.0. The third-order valence-electron chi connectivity index (χ3n) is 4.94. The molecule has 0 aliphatic rings. The fourth-order valence-electron chi connectivity index (χ4n) is 3.07. The van der Waals surface area contributed by atoms with Crippen LogP contribution >= 0.6 is 0 Å². The molecule has 30 heavy (non-hydrogen) atoms. The van der Waals surface area contributed by atoms with Crippen LogP contribution in [0.3, 0.4) is 0 Å². The van der Waals surface area contributed by atoms with E-state index in [9.17, 15) is 4.79 Å². The summed E-state index contributed by atoms with van der Waals surface area (Å²) in [5.74, 6) is 1.03. The Hall–Kier alpha value is -3.60. The number of carbonyl (C=O) groups is 1. The van der Waals surface area contributed by atoms with Crippen LogP contribution in [0.4, 0.5) is 0 Å². The van der Waals surface area contributed by atoms with Gasteiger partial charge in [-0.25, -0.2) is 5.43 Å². The molecule has 0 fully saturated rings. The Labute approximate surface area is 177 Å². The van der Waals surface area contributed by atoms with E-state index in [4.69, 9.17) is 9.47 Å². The summed E-state index contributed by atoms with van der Waals surface area (Å²) in [5, 5.41) is 3.95. The fourth-order valence-corrected chi connectivity index (χ4v) is 3.07. The lowest BCUT2D eigenvalue weighted by Gasteiger charge is -2.26. The Bertz CT molecular complexity index is 996. The first-order valence-corrected chi connectivity index (χ1v) is 9.74. The van der Waals surface area contributed by atoms with Crippen molar-refractivity contribution in [3.63, 3.8) is 0 Å². The average Bonchev–Trinajstić information content (AvgIpc) is 2.79. The van der Waals surface area contributed by atoms with Gasteiger partial charge in [0.15, 0.2) is 6.61 Å². The monoisotopic (exact) mass is 402 g/mol. The number of nitrogens with zero attached hydrogens (tertiary/aromatic N) is 1. The molecule has 3 aromatic carbocycles. The van der Waals surface area contributed by atoms with Crippen LogP contribution in [0.15, 0.2) is 84.0 Å². The summed E-state index contributed by atoms with van der Waals surface area (Å²) in [6.07, 6.45) is 1.56. The van der Waals surface area contributed by atoms with E-state index < -0.39 is 0 Å². The van der Waals surface area contributed by atoms with Crippen LogP contribution in [0.1, 0.15) is 30.5 Å². The van der Waals surface area contributed by atoms with E-state index in [0.29, 0.717) is 5.75 Å². The van der Waals surface area contributed by atoms with Gasteiger partial charge >= 0.3 is 0 Å². The summed E-state index contributed by atoms with van der Waals surface area (Å²) in [6.45, 7) is 4.26. The molecule has 0 aromatic heterocycles. The number of amides is 1. The molecule has 5 nitrogen and oxygen atoms in total. The minimum absolute atomic E-state index is 0.114. The second kappa shape index (κ2) is 9.74. The van der Waals surface area contributed by atoms with Crippen LogP contribution in [-0.2, 0) is 10.2 Å². The molecule has 0 aliphatic heterocycles. The van der Waals surface area contributed by atoms with E-state index in [1.54, 1.807) is 13.3 Å². The topological polar surface area (TPSA) is 59.9 Å². The molecule has 0 bridgehead atoms. The quantitative estimate of drug-likeness (QED) is 0.444. The van der Waals surface area contributed by atoms with Crippen LogP contribution in [0.5, 0.6) is 11.5 Å². The lowest BCUT2D eigenvalue weighted by atomic mass is 9.78. The van der Waals surface area contributed by atoms with Gasteiger partial charge in [-0.05, 0) is 41.0 Å². The Kier molecular flexibility index (Phi) is 6.86. The molecule has 0 radical (unpaired) electrons. The Morgan fingerprint density at radius 2 is 1.63 bits per heavy atom. The third-order valence-corrected chi connectivity index (χ3v) is 4.94. The van der Waals surface area contributed by atoms with E-state index in [-0.39, 0.29) is 17.9 Å². The smallest absolute Gasteiger partial charge is 0.277 e. The molecule has 5 heteroatoms. The summed E-state index contributed by atoms with van der Waals surface area (Å²) in [4.78, 5) is 12.0. The maximum absolute atomic E-state index is 12.0. The van der Waals surface area contributed by atoms with Gasteiger partial charge in [-0.1, -0.05) is 68.4 Å². The second-order valence-corrected chi connectivity index (χ2v) is 7.37. The SMILES string of the molecule is COc1cccc(C=NNC(=O)COc2ccc(C(C)(C)c3ccccc3)cc2)c1. The van der Waals surface area contributed by atoms with Gasteiger partial charge in [-0.15, -0.1) is 0 Å². The molecule has 0 unspecified atom stereocenters. The number of hydrogen-bond donors (Lipinski definition) is 1. The van der Waals surface area contributed by atoms with Crippen molar-refractivity contribution < 1.29 is 14.3 Å². The minimum Gasteiger partial charge on any atom is -0.497 e. The first-order valence-electron chi connectivity index (χ1n) is 9.74. The molecule has 154 valence electrons. The van der Waals surface area contributed by atoms with Crippen molar-refractivity contribution >= 4 is 12.1 Å². The Morgan fingerprint density at radius 1 is 0.933 bits per heavy atom. The highest BCUT2D eigenvalue weighted by atomic mass is 16.5. The van der Waals surface area contributed by atoms with Gasteiger partial charge in [0.2, 0.25) is 0 Å². The van der Waals surface area contributed by atoms with Gasteiger partial charge < -0.3 is 9.47 Å². The summed E-state index contributed by atoms with van der Waals surface area (Å²) < 4.78 is 10.7. The zero-order valence-corrected chi connectivity index (χ0v) is 17.5. The standard InChI is InChI=1S/C25H26N2O3/c1-25(2,20-9-5-4-6-10-20)21-12-14-22(15-13-21)30-18-24(28)27-26-17-19-8-7-11-23(16-19)29-3/h4-17H,18H2,1-3H3,(H,27,28). The number of nitrogens with one attached hydrogen (secondary N) is 1. The number of hydrazone groups is 1. The molecule has 0 saturated carbocycles. The predicted molar refractivity (Wildman–Crippen MR) is 119 cm³/mol. The minimum atomic E-state index is -0.331. The second-order valence-electron chi connectivity index (χ2n) is 7.37. The van der Waals surface area contributed by atoms with Gasteiger partial charge in [-0.2, -0.15) is 5.10 Å². The molecule has 0 aliphatic carbocycles. The largest absolute Gasteiger partial charge is 0.497 e. The number of carbonyl (C=O) groups excluding carboxylic acids is 1. The van der Waals surface area contributed by atoms with Crippen LogP contribution in [-0.4, -0.2) is 25.8 Å². The zero-order chi connectivity index (χ0) is 21.4. The van der Waals surface area contributed by atoms with Crippen molar-refractivity contribution in [1.29, 1.82) is 0 Å². The van der Waals surface area contributed by atoms with Crippen LogP contribution in [0, 0.1) is 0 Å². The average molecular weight is 402 g/mol. The number of benzene rings is 3. The number of methoxy groups -OCH3 is 1. The van der Waals surface area contributed by atoms with Crippen molar-refractivity contribution in [2.24, 2.45) is 5.10 Å². The first-order chi connectivity index (χ1) is 14.5. The Morgan fingerprint density at radius 3 is 2.33 bits per heavy atom. The van der Waals surface area contributed by atoms with E-state index in [1.807, 2.05) is 66.7 Å². The van der Waals surface area contributed by atoms with Crippen molar-refractivity contribution in [2.45, 2.75) is 19.3 Å². The highest BCUT2D eigenvalue weighted by molar-refractivity contribution is 5.83. The summed E-state index contributed by atoms with van der Waals surface area (Å²) in [6, 6.07) is 25.6. The lowest BCUT2D eigenvalue weighted by molar-refractivity contribution is -0.123. The van der Waals surface area contributed by atoms with Crippen molar-refractivity contribution in [3.05, 3.63) is 95.6 Å². The first kappa shape index (κ1) is 21.1. The van der Waals surface area contributed by atoms with E-state index in [0.717, 1.165) is 11.3 Å². The molecular weight excluding hydrogens is 376 g/mol. The third kappa shape index (κ3) is 5.47. The molecule has 0 atom stereocenters. The van der Waals surface area contributed by atoms with Gasteiger partial charge in [0, 0.05) is 5.41 Å². The summed E-state index contributed by atoms with van der Waals surface area (Å²) in [7, 11) is 1.60. The number of rotatable bonds is 8. The van der Waals surface area contributed by atoms with Gasteiger partial charge in [-0.3, -0.25) is 4.79 Å². The highest BCUT2D eigenvalue weighted by Crippen LogP contribution is 2.32. The van der Waals surface area contributed by atoms with Crippen LogP contribution in [0.25, 0.3) is 0 Å². The molecule has 1 N–H and O–H groups in total. The van der Waals surface area contributed by atoms with E-state index >= 15 is 0 Å². The predicted octanol–water partition coefficient (Wildman–Crippen LogP) is 4.55.